The van der Waals surface area contributed by atoms with Gasteiger partial charge in [-0.15, -0.1) is 0 Å². The molecule has 1 saturated heterocycles. The molecule has 0 atom stereocenters. The van der Waals surface area contributed by atoms with Crippen LogP contribution in [0, 0.1) is 13.8 Å². The number of aromatic nitrogens is 2. The van der Waals surface area contributed by atoms with Crippen LogP contribution in [-0.4, -0.2) is 53.6 Å². The van der Waals surface area contributed by atoms with Crippen molar-refractivity contribution in [3.05, 3.63) is 72.1 Å². The topological polar surface area (TPSA) is 58.6 Å². The molecule has 1 amide bonds. The van der Waals surface area contributed by atoms with Gasteiger partial charge in [0, 0.05) is 44.2 Å². The largest absolute Gasteiger partial charge is 0.493 e. The van der Waals surface area contributed by atoms with Gasteiger partial charge in [-0.05, 0) is 31.9 Å². The van der Waals surface area contributed by atoms with E-state index in [4.69, 9.17) is 4.74 Å². The van der Waals surface area contributed by atoms with Crippen molar-refractivity contribution in [3.8, 4) is 17.0 Å². The number of piperazine rings is 1. The number of nitrogens with zero attached hydrogens (tertiary/aromatic N) is 4. The third kappa shape index (κ3) is 5.44. The van der Waals surface area contributed by atoms with E-state index < -0.39 is 0 Å². The summed E-state index contributed by atoms with van der Waals surface area (Å²) in [7, 11) is 0. The number of carbonyl (C=O) groups is 1. The van der Waals surface area contributed by atoms with Gasteiger partial charge in [0.1, 0.15) is 17.4 Å². The average Bonchev–Trinajstić information content (AvgIpc) is 2.83. The van der Waals surface area contributed by atoms with Crippen LogP contribution in [0.3, 0.4) is 0 Å². The van der Waals surface area contributed by atoms with Crippen LogP contribution in [0.5, 0.6) is 5.75 Å². The van der Waals surface area contributed by atoms with Crippen molar-refractivity contribution in [2.75, 3.05) is 37.7 Å². The highest BCUT2D eigenvalue weighted by atomic mass is 16.5. The van der Waals surface area contributed by atoms with E-state index in [0.29, 0.717) is 26.1 Å². The molecule has 166 valence electrons. The van der Waals surface area contributed by atoms with Crippen LogP contribution in [0.4, 0.5) is 5.82 Å². The van der Waals surface area contributed by atoms with Crippen molar-refractivity contribution >= 4 is 11.7 Å². The molecule has 6 heteroatoms. The van der Waals surface area contributed by atoms with E-state index in [1.807, 2.05) is 67.3 Å². The Bertz CT molecular complexity index is 1050. The zero-order valence-corrected chi connectivity index (χ0v) is 18.8. The van der Waals surface area contributed by atoms with E-state index in [0.717, 1.165) is 53.7 Å². The SMILES string of the molecule is Cc1nc(-c2ccccc2)cc(N2CCN(C(=O)CCCOc3ccccc3C)CC2)n1. The lowest BCUT2D eigenvalue weighted by Gasteiger charge is -2.35. The summed E-state index contributed by atoms with van der Waals surface area (Å²) in [5, 5.41) is 0. The molecule has 0 spiro atoms. The molecule has 6 nitrogen and oxygen atoms in total. The van der Waals surface area contributed by atoms with E-state index in [1.54, 1.807) is 0 Å². The molecule has 0 aliphatic carbocycles. The second-order valence-electron chi connectivity index (χ2n) is 8.11. The van der Waals surface area contributed by atoms with Crippen molar-refractivity contribution in [1.82, 2.24) is 14.9 Å². The number of hydrogen-bond donors (Lipinski definition) is 0. The third-order valence-corrected chi connectivity index (χ3v) is 5.74. The molecular formula is C26H30N4O2. The van der Waals surface area contributed by atoms with Gasteiger partial charge in [-0.1, -0.05) is 48.5 Å². The Kier molecular flexibility index (Phi) is 7.00. The van der Waals surface area contributed by atoms with Crippen molar-refractivity contribution < 1.29 is 9.53 Å². The zero-order valence-electron chi connectivity index (χ0n) is 18.8. The number of anilines is 1. The average molecular weight is 431 g/mol. The van der Waals surface area contributed by atoms with Gasteiger partial charge in [0.15, 0.2) is 0 Å². The van der Waals surface area contributed by atoms with E-state index in [2.05, 4.69) is 27.0 Å². The van der Waals surface area contributed by atoms with Crippen LogP contribution in [0.15, 0.2) is 60.7 Å². The molecule has 2 aromatic carbocycles. The number of hydrogen-bond acceptors (Lipinski definition) is 5. The molecule has 4 rings (SSSR count). The van der Waals surface area contributed by atoms with Crippen molar-refractivity contribution in [2.24, 2.45) is 0 Å². The molecule has 1 aromatic heterocycles. The van der Waals surface area contributed by atoms with Crippen molar-refractivity contribution in [3.63, 3.8) is 0 Å². The van der Waals surface area contributed by atoms with E-state index in [9.17, 15) is 4.79 Å². The quantitative estimate of drug-likeness (QED) is 0.524. The minimum Gasteiger partial charge on any atom is -0.493 e. The molecule has 0 radical (unpaired) electrons. The van der Waals surface area contributed by atoms with Crippen LogP contribution in [0.1, 0.15) is 24.2 Å². The predicted molar refractivity (Wildman–Crippen MR) is 127 cm³/mol. The highest BCUT2D eigenvalue weighted by molar-refractivity contribution is 5.76. The molecule has 1 aliphatic rings. The summed E-state index contributed by atoms with van der Waals surface area (Å²) in [5.41, 5.74) is 3.13. The summed E-state index contributed by atoms with van der Waals surface area (Å²) in [6, 6.07) is 20.2. The van der Waals surface area contributed by atoms with Crippen LogP contribution in [0.2, 0.25) is 0 Å². The van der Waals surface area contributed by atoms with E-state index in [1.165, 1.54) is 0 Å². The minimum atomic E-state index is 0.196. The van der Waals surface area contributed by atoms with Gasteiger partial charge in [0.25, 0.3) is 0 Å². The van der Waals surface area contributed by atoms with Gasteiger partial charge in [0.2, 0.25) is 5.91 Å². The smallest absolute Gasteiger partial charge is 0.222 e. The maximum absolute atomic E-state index is 12.6. The van der Waals surface area contributed by atoms with E-state index >= 15 is 0 Å². The van der Waals surface area contributed by atoms with Crippen LogP contribution < -0.4 is 9.64 Å². The maximum Gasteiger partial charge on any atom is 0.222 e. The van der Waals surface area contributed by atoms with Crippen LogP contribution in [0.25, 0.3) is 11.3 Å². The number of aryl methyl sites for hydroxylation is 2. The zero-order chi connectivity index (χ0) is 22.3. The number of amides is 1. The molecular weight excluding hydrogens is 400 g/mol. The first-order chi connectivity index (χ1) is 15.6. The molecule has 0 bridgehead atoms. The highest BCUT2D eigenvalue weighted by Crippen LogP contribution is 2.23. The molecule has 32 heavy (non-hydrogen) atoms. The van der Waals surface area contributed by atoms with Crippen molar-refractivity contribution in [2.45, 2.75) is 26.7 Å². The van der Waals surface area contributed by atoms with Crippen LogP contribution in [-0.2, 0) is 4.79 Å². The summed E-state index contributed by atoms with van der Waals surface area (Å²) in [6.45, 7) is 7.48. The lowest BCUT2D eigenvalue weighted by atomic mass is 10.1. The van der Waals surface area contributed by atoms with Gasteiger partial charge in [0.05, 0.1) is 12.3 Å². The third-order valence-electron chi connectivity index (χ3n) is 5.74. The second kappa shape index (κ2) is 10.3. The normalized spacial score (nSPS) is 13.8. The van der Waals surface area contributed by atoms with Gasteiger partial charge in [-0.2, -0.15) is 0 Å². The molecule has 1 aliphatic heterocycles. The first-order valence-electron chi connectivity index (χ1n) is 11.2. The minimum absolute atomic E-state index is 0.196. The second-order valence-corrected chi connectivity index (χ2v) is 8.11. The number of ether oxygens (including phenoxy) is 1. The fraction of sp³-hybridized carbons (Fsp3) is 0.346. The van der Waals surface area contributed by atoms with Gasteiger partial charge >= 0.3 is 0 Å². The summed E-state index contributed by atoms with van der Waals surface area (Å²) >= 11 is 0. The maximum atomic E-state index is 12.6. The fourth-order valence-electron chi connectivity index (χ4n) is 3.94. The van der Waals surface area contributed by atoms with Gasteiger partial charge in [-0.3, -0.25) is 4.79 Å². The Hall–Kier alpha value is -3.41. The van der Waals surface area contributed by atoms with Gasteiger partial charge in [-0.25, -0.2) is 9.97 Å². The molecule has 0 N–H and O–H groups in total. The number of carbonyl (C=O) groups excluding carboxylic acids is 1. The van der Waals surface area contributed by atoms with Gasteiger partial charge < -0.3 is 14.5 Å². The highest BCUT2D eigenvalue weighted by Gasteiger charge is 2.22. The predicted octanol–water partition coefficient (Wildman–Crippen LogP) is 4.27. The summed E-state index contributed by atoms with van der Waals surface area (Å²) in [4.78, 5) is 26.1. The lowest BCUT2D eigenvalue weighted by molar-refractivity contribution is -0.131. The molecule has 2 heterocycles. The molecule has 0 unspecified atom stereocenters. The Morgan fingerprint density at radius 2 is 1.66 bits per heavy atom. The Morgan fingerprint density at radius 1 is 0.938 bits per heavy atom. The summed E-state index contributed by atoms with van der Waals surface area (Å²) in [6.07, 6.45) is 1.23. The molecule has 1 fully saturated rings. The molecule has 3 aromatic rings. The Morgan fingerprint density at radius 3 is 2.41 bits per heavy atom. The lowest BCUT2D eigenvalue weighted by Crippen LogP contribution is -2.49. The summed E-state index contributed by atoms with van der Waals surface area (Å²) < 4.78 is 5.82. The number of para-hydroxylation sites is 1. The molecule has 0 saturated carbocycles. The van der Waals surface area contributed by atoms with E-state index in [-0.39, 0.29) is 5.91 Å². The monoisotopic (exact) mass is 430 g/mol. The summed E-state index contributed by atoms with van der Waals surface area (Å²) in [5.74, 6) is 2.77. The first-order valence-corrected chi connectivity index (χ1v) is 11.2. The number of rotatable bonds is 7. The van der Waals surface area contributed by atoms with Crippen LogP contribution >= 0.6 is 0 Å². The van der Waals surface area contributed by atoms with Crippen molar-refractivity contribution in [1.29, 1.82) is 0 Å². The first kappa shape index (κ1) is 21.8. The standard InChI is InChI=1S/C26H30N4O2/c1-20-9-6-7-12-24(20)32-18-8-13-26(31)30-16-14-29(15-17-30)25-19-23(27-21(2)28-25)22-10-4-3-5-11-22/h3-7,9-12,19H,8,13-18H2,1-2H3. The Labute approximate surface area is 189 Å². The Balaban J connectivity index is 1.27. The fourth-order valence-corrected chi connectivity index (χ4v) is 3.94. The number of benzene rings is 2.